The topological polar surface area (TPSA) is 140 Å². The number of benzene rings is 4. The molecule has 1 aliphatic heterocycles. The van der Waals surface area contributed by atoms with E-state index >= 15 is 0 Å². The van der Waals surface area contributed by atoms with Crippen LogP contribution in [0, 0.1) is 0 Å². The lowest BCUT2D eigenvalue weighted by molar-refractivity contribution is 0.159. The van der Waals surface area contributed by atoms with E-state index in [9.17, 15) is 24.9 Å². The van der Waals surface area contributed by atoms with E-state index in [1.807, 2.05) is 45.9 Å². The van der Waals surface area contributed by atoms with E-state index in [1.54, 1.807) is 24.3 Å². The number of hydrogen-bond donors (Lipinski definition) is 3. The van der Waals surface area contributed by atoms with Crippen molar-refractivity contribution in [2.24, 2.45) is 0 Å². The minimum Gasteiger partial charge on any atom is -0.507 e. The van der Waals surface area contributed by atoms with Crippen molar-refractivity contribution in [2.45, 2.75) is 39.7 Å². The van der Waals surface area contributed by atoms with Gasteiger partial charge < -0.3 is 33.6 Å². The van der Waals surface area contributed by atoms with Crippen LogP contribution in [0.5, 0.6) is 28.7 Å². The van der Waals surface area contributed by atoms with Gasteiger partial charge in [0.1, 0.15) is 44.6 Å². The van der Waals surface area contributed by atoms with Crippen LogP contribution in [-0.2, 0) is 6.42 Å². The molecule has 7 rings (SSSR count). The average molecular weight is 619 g/mol. The minimum atomic E-state index is -0.782. The van der Waals surface area contributed by atoms with E-state index < -0.39 is 22.5 Å². The van der Waals surface area contributed by atoms with Crippen molar-refractivity contribution in [2.75, 3.05) is 7.11 Å². The number of aromatic hydroxyl groups is 3. The smallest absolute Gasteiger partial charge is 0.208 e. The highest BCUT2D eigenvalue weighted by Gasteiger charge is 2.30. The maximum absolute atomic E-state index is 14.6. The van der Waals surface area contributed by atoms with Gasteiger partial charge in [-0.3, -0.25) is 9.59 Å². The first kappa shape index (κ1) is 29.0. The summed E-state index contributed by atoms with van der Waals surface area (Å²) in [5.74, 6) is -1.55. The Bertz CT molecular complexity index is 2470. The molecule has 0 bridgehead atoms. The summed E-state index contributed by atoms with van der Waals surface area (Å²) in [5, 5.41) is 32.5. The highest BCUT2D eigenvalue weighted by Crippen LogP contribution is 2.51. The van der Waals surface area contributed by atoms with Crippen molar-refractivity contribution in [3.63, 3.8) is 0 Å². The summed E-state index contributed by atoms with van der Waals surface area (Å²) in [6.07, 6.45) is 6.35. The second-order valence-corrected chi connectivity index (χ2v) is 12.2. The first-order chi connectivity index (χ1) is 21.9. The van der Waals surface area contributed by atoms with Crippen LogP contribution in [0.2, 0.25) is 0 Å². The molecule has 0 saturated heterocycles. The summed E-state index contributed by atoms with van der Waals surface area (Å²) in [6.45, 7) is 7.78. The van der Waals surface area contributed by atoms with Crippen molar-refractivity contribution < 1.29 is 33.6 Å². The SMILES string of the molecule is COc1c(O)c(O)c2c(=O)c3c(O)cccc3oc2c1-c1ccc(CC=C(C)C)c2oc3cc4c(cc3c(=O)c12)OC(C)(C)C=C4. The lowest BCUT2D eigenvalue weighted by Gasteiger charge is -2.28. The molecule has 6 aromatic rings. The zero-order valence-corrected chi connectivity index (χ0v) is 25.8. The number of allylic oxidation sites excluding steroid dienone is 2. The lowest BCUT2D eigenvalue weighted by atomic mass is 9.92. The normalized spacial score (nSPS) is 13.7. The van der Waals surface area contributed by atoms with Gasteiger partial charge in [0, 0.05) is 11.1 Å². The van der Waals surface area contributed by atoms with Crippen molar-refractivity contribution in [1.29, 1.82) is 0 Å². The van der Waals surface area contributed by atoms with Gasteiger partial charge >= 0.3 is 0 Å². The molecule has 0 spiro atoms. The Morgan fingerprint density at radius 2 is 1.65 bits per heavy atom. The van der Waals surface area contributed by atoms with Gasteiger partial charge in [-0.25, -0.2) is 0 Å². The highest BCUT2D eigenvalue weighted by molar-refractivity contribution is 6.11. The van der Waals surface area contributed by atoms with Crippen LogP contribution in [0.1, 0.15) is 38.8 Å². The fourth-order valence-corrected chi connectivity index (χ4v) is 6.06. The average Bonchev–Trinajstić information content (AvgIpc) is 3.00. The minimum absolute atomic E-state index is 0.0345. The second kappa shape index (κ2) is 10.2. The molecule has 2 aromatic heterocycles. The van der Waals surface area contributed by atoms with E-state index in [4.69, 9.17) is 18.3 Å². The molecule has 46 heavy (non-hydrogen) atoms. The molecule has 4 aromatic carbocycles. The molecule has 3 N–H and O–H groups in total. The Hall–Kier alpha value is -5.70. The van der Waals surface area contributed by atoms with E-state index in [1.165, 1.54) is 25.3 Å². The third kappa shape index (κ3) is 4.30. The highest BCUT2D eigenvalue weighted by atomic mass is 16.5. The fraction of sp³-hybridized carbons (Fsp3) is 0.189. The molecular weight excluding hydrogens is 588 g/mol. The number of fused-ring (bicyclic) bond motifs is 5. The Balaban J connectivity index is 1.67. The molecule has 0 aliphatic carbocycles. The Kier molecular flexibility index (Phi) is 6.42. The maximum atomic E-state index is 14.6. The van der Waals surface area contributed by atoms with Gasteiger partial charge in [-0.05, 0) is 70.0 Å². The summed E-state index contributed by atoms with van der Waals surface area (Å²) in [4.78, 5) is 28.3. The number of phenols is 3. The largest absolute Gasteiger partial charge is 0.507 e. The maximum Gasteiger partial charge on any atom is 0.208 e. The van der Waals surface area contributed by atoms with Gasteiger partial charge in [-0.15, -0.1) is 0 Å². The first-order valence-electron chi connectivity index (χ1n) is 14.7. The van der Waals surface area contributed by atoms with Crippen LogP contribution in [0.25, 0.3) is 61.1 Å². The Labute approximate surface area is 261 Å². The monoisotopic (exact) mass is 618 g/mol. The van der Waals surface area contributed by atoms with Crippen molar-refractivity contribution in [1.82, 2.24) is 0 Å². The summed E-state index contributed by atoms with van der Waals surface area (Å²) >= 11 is 0. The molecular formula is C37H30O9. The van der Waals surface area contributed by atoms with E-state index in [-0.39, 0.29) is 60.8 Å². The zero-order chi connectivity index (χ0) is 32.7. The third-order valence-corrected chi connectivity index (χ3v) is 8.30. The van der Waals surface area contributed by atoms with Gasteiger partial charge in [0.2, 0.25) is 16.6 Å². The predicted octanol–water partition coefficient (Wildman–Crippen LogP) is 7.69. The van der Waals surface area contributed by atoms with Crippen LogP contribution in [0.15, 0.2) is 78.6 Å². The van der Waals surface area contributed by atoms with Crippen LogP contribution in [0.4, 0.5) is 0 Å². The van der Waals surface area contributed by atoms with Crippen molar-refractivity contribution >= 4 is 50.0 Å². The Morgan fingerprint density at radius 3 is 2.39 bits per heavy atom. The van der Waals surface area contributed by atoms with Crippen LogP contribution in [-0.4, -0.2) is 28.0 Å². The molecule has 232 valence electrons. The predicted molar refractivity (Wildman–Crippen MR) is 177 cm³/mol. The van der Waals surface area contributed by atoms with Crippen LogP contribution in [0.3, 0.4) is 0 Å². The van der Waals surface area contributed by atoms with Crippen LogP contribution >= 0.6 is 0 Å². The lowest BCUT2D eigenvalue weighted by Crippen LogP contribution is -2.27. The van der Waals surface area contributed by atoms with E-state index in [0.717, 1.165) is 16.7 Å². The van der Waals surface area contributed by atoms with Gasteiger partial charge in [-0.2, -0.15) is 0 Å². The molecule has 9 nitrogen and oxygen atoms in total. The van der Waals surface area contributed by atoms with E-state index in [2.05, 4.69) is 0 Å². The summed E-state index contributed by atoms with van der Waals surface area (Å²) in [5.41, 5.74) is 1.69. The number of rotatable bonds is 4. The number of phenolic OH excluding ortho intramolecular Hbond substituents is 3. The van der Waals surface area contributed by atoms with Crippen LogP contribution < -0.4 is 20.3 Å². The summed E-state index contributed by atoms with van der Waals surface area (Å²) < 4.78 is 24.4. The van der Waals surface area contributed by atoms with E-state index in [0.29, 0.717) is 23.3 Å². The molecule has 0 radical (unpaired) electrons. The van der Waals surface area contributed by atoms with Gasteiger partial charge in [0.25, 0.3) is 0 Å². The number of methoxy groups -OCH3 is 1. The number of hydrogen-bond acceptors (Lipinski definition) is 9. The quantitative estimate of drug-likeness (QED) is 0.103. The molecule has 0 saturated carbocycles. The third-order valence-electron chi connectivity index (χ3n) is 8.30. The van der Waals surface area contributed by atoms with Gasteiger partial charge in [0.05, 0.1) is 23.4 Å². The zero-order valence-electron chi connectivity index (χ0n) is 25.8. The molecule has 0 atom stereocenters. The van der Waals surface area contributed by atoms with Crippen molar-refractivity contribution in [3.8, 4) is 39.9 Å². The second-order valence-electron chi connectivity index (χ2n) is 12.2. The molecule has 0 fully saturated rings. The molecule has 1 aliphatic rings. The summed E-state index contributed by atoms with van der Waals surface area (Å²) in [7, 11) is 1.29. The molecule has 0 amide bonds. The van der Waals surface area contributed by atoms with Gasteiger partial charge in [0.15, 0.2) is 17.1 Å². The first-order valence-corrected chi connectivity index (χ1v) is 14.7. The van der Waals surface area contributed by atoms with Gasteiger partial charge in [-0.1, -0.05) is 35.9 Å². The summed E-state index contributed by atoms with van der Waals surface area (Å²) in [6, 6.07) is 11.2. The fourth-order valence-electron chi connectivity index (χ4n) is 6.06. The number of ether oxygens (including phenoxy) is 2. The Morgan fingerprint density at radius 1 is 0.891 bits per heavy atom. The molecule has 0 unspecified atom stereocenters. The van der Waals surface area contributed by atoms with Crippen molar-refractivity contribution in [3.05, 3.63) is 91.8 Å². The standard InChI is InChI=1S/C37H30O9/c1-17(2)9-10-18-11-12-20(26-30(39)21-16-24-19(13-14-37(3,4)46-24)15-25(21)45-34(18)26)27-35-29(32(41)33(42)36(27)43-5)31(40)28-22(38)7-6-8-23(28)44-35/h6-9,11-16,38,41-42H,10H2,1-5H3. The molecule has 3 heterocycles. The molecule has 9 heteroatoms.